The zero-order chi connectivity index (χ0) is 13.0. The van der Waals surface area contributed by atoms with Crippen LogP contribution in [-0.4, -0.2) is 41.7 Å². The molecule has 17 heavy (non-hydrogen) atoms. The average Bonchev–Trinajstić information content (AvgIpc) is 2.65. The monoisotopic (exact) mass is 280 g/mol. The van der Waals surface area contributed by atoms with Crippen molar-refractivity contribution < 1.29 is 19.4 Å². The molecule has 6 nitrogen and oxygen atoms in total. The fourth-order valence-electron chi connectivity index (χ4n) is 1.08. The minimum Gasteiger partial charge on any atom is -0.467 e. The van der Waals surface area contributed by atoms with Crippen molar-refractivity contribution >= 4 is 35.1 Å². The fraction of sp³-hybridized carbons (Fsp3) is 0.333. The van der Waals surface area contributed by atoms with Crippen LogP contribution in [0.15, 0.2) is 6.07 Å². The lowest BCUT2D eigenvalue weighted by atomic mass is 10.3. The highest BCUT2D eigenvalue weighted by Crippen LogP contribution is 2.21. The van der Waals surface area contributed by atoms with E-state index in [0.29, 0.717) is 0 Å². The molecule has 0 aromatic carbocycles. The lowest BCUT2D eigenvalue weighted by Gasteiger charge is -2.12. The number of H-pyrrole nitrogens is 1. The van der Waals surface area contributed by atoms with Gasteiger partial charge in [0.25, 0.3) is 5.91 Å². The average molecular weight is 281 g/mol. The number of nitrogens with one attached hydrogen (secondary N) is 2. The number of methoxy groups -OCH3 is 1. The van der Waals surface area contributed by atoms with Crippen molar-refractivity contribution in [3.63, 3.8) is 0 Å². The van der Waals surface area contributed by atoms with Crippen LogP contribution in [0.25, 0.3) is 0 Å². The molecule has 0 radical (unpaired) electrons. The largest absolute Gasteiger partial charge is 0.467 e. The summed E-state index contributed by atoms with van der Waals surface area (Å²) in [5.41, 5.74) is 0.0855. The summed E-state index contributed by atoms with van der Waals surface area (Å²) >= 11 is 11.3. The van der Waals surface area contributed by atoms with Gasteiger partial charge in [-0.2, -0.15) is 0 Å². The summed E-state index contributed by atoms with van der Waals surface area (Å²) in [5, 5.41) is 11.5. The van der Waals surface area contributed by atoms with Crippen LogP contribution in [0, 0.1) is 0 Å². The van der Waals surface area contributed by atoms with Crippen LogP contribution >= 0.6 is 23.2 Å². The van der Waals surface area contributed by atoms with E-state index in [4.69, 9.17) is 28.3 Å². The van der Waals surface area contributed by atoms with Gasteiger partial charge in [-0.05, 0) is 6.07 Å². The number of carbonyl (C=O) groups is 2. The van der Waals surface area contributed by atoms with Crippen molar-refractivity contribution in [3.8, 4) is 0 Å². The van der Waals surface area contributed by atoms with Crippen molar-refractivity contribution in [3.05, 3.63) is 21.9 Å². The van der Waals surface area contributed by atoms with Crippen LogP contribution in [0.5, 0.6) is 0 Å². The van der Waals surface area contributed by atoms with E-state index < -0.39 is 24.5 Å². The molecule has 8 heteroatoms. The van der Waals surface area contributed by atoms with Crippen LogP contribution in [-0.2, 0) is 9.53 Å². The Bertz CT molecular complexity index is 413. The van der Waals surface area contributed by atoms with Gasteiger partial charge < -0.3 is 20.1 Å². The number of aromatic amines is 1. The molecule has 1 aromatic rings. The van der Waals surface area contributed by atoms with Crippen molar-refractivity contribution in [1.29, 1.82) is 0 Å². The molecule has 1 aromatic heterocycles. The molecule has 0 fully saturated rings. The van der Waals surface area contributed by atoms with Crippen molar-refractivity contribution in [2.75, 3.05) is 13.7 Å². The molecule has 1 atom stereocenters. The smallest absolute Gasteiger partial charge is 0.330 e. The van der Waals surface area contributed by atoms with E-state index in [2.05, 4.69) is 15.0 Å². The number of halogens is 2. The minimum atomic E-state index is -1.13. The Morgan fingerprint density at radius 2 is 2.24 bits per heavy atom. The molecule has 0 spiro atoms. The number of rotatable bonds is 4. The van der Waals surface area contributed by atoms with Crippen LogP contribution in [0.2, 0.25) is 10.2 Å². The maximum atomic E-state index is 11.6. The molecule has 0 saturated carbocycles. The van der Waals surface area contributed by atoms with E-state index in [1.807, 2.05) is 0 Å². The van der Waals surface area contributed by atoms with Gasteiger partial charge in [-0.1, -0.05) is 23.2 Å². The molecule has 0 aliphatic carbocycles. The number of esters is 1. The second-order valence-electron chi connectivity index (χ2n) is 3.08. The number of carbonyl (C=O) groups excluding carboxylic acids is 2. The van der Waals surface area contributed by atoms with E-state index in [9.17, 15) is 9.59 Å². The van der Waals surface area contributed by atoms with Crippen molar-refractivity contribution in [2.45, 2.75) is 6.04 Å². The Morgan fingerprint density at radius 1 is 1.59 bits per heavy atom. The Kier molecular flexibility index (Phi) is 4.80. The second kappa shape index (κ2) is 5.90. The maximum absolute atomic E-state index is 11.6. The van der Waals surface area contributed by atoms with Gasteiger partial charge in [0, 0.05) is 0 Å². The number of hydrogen-bond acceptors (Lipinski definition) is 4. The third-order valence-electron chi connectivity index (χ3n) is 1.94. The van der Waals surface area contributed by atoms with Gasteiger partial charge >= 0.3 is 5.97 Å². The molecule has 0 saturated heterocycles. The standard InChI is InChI=1S/C9H10Cl2N2O4/c1-17-9(16)6(3-14)13-8(15)5-2-4(10)7(11)12-5/h2,6,12,14H,3H2,1H3,(H,13,15). The highest BCUT2D eigenvalue weighted by atomic mass is 35.5. The molecule has 1 unspecified atom stereocenters. The molecule has 1 heterocycles. The first-order valence-electron chi connectivity index (χ1n) is 4.53. The van der Waals surface area contributed by atoms with Crippen molar-refractivity contribution in [1.82, 2.24) is 10.3 Å². The normalized spacial score (nSPS) is 12.0. The summed E-state index contributed by atoms with van der Waals surface area (Å²) in [4.78, 5) is 25.3. The molecule has 1 amide bonds. The lowest BCUT2D eigenvalue weighted by molar-refractivity contribution is -0.143. The summed E-state index contributed by atoms with van der Waals surface area (Å²) in [6.45, 7) is -0.569. The zero-order valence-electron chi connectivity index (χ0n) is 8.79. The highest BCUT2D eigenvalue weighted by molar-refractivity contribution is 6.41. The summed E-state index contributed by atoms with van der Waals surface area (Å²) in [5.74, 6) is -1.37. The molecule has 0 aliphatic heterocycles. The summed E-state index contributed by atoms with van der Waals surface area (Å²) in [6, 6.07) is 0.179. The van der Waals surface area contributed by atoms with Crippen molar-refractivity contribution in [2.24, 2.45) is 0 Å². The summed E-state index contributed by atoms with van der Waals surface area (Å²) < 4.78 is 4.39. The SMILES string of the molecule is COC(=O)C(CO)NC(=O)c1cc(Cl)c(Cl)[nH]1. The van der Waals surface area contributed by atoms with Gasteiger partial charge in [-0.3, -0.25) is 4.79 Å². The van der Waals surface area contributed by atoms with E-state index in [0.717, 1.165) is 7.11 Å². The molecule has 0 bridgehead atoms. The third-order valence-corrected chi connectivity index (χ3v) is 2.64. The summed E-state index contributed by atoms with van der Waals surface area (Å²) in [6.07, 6.45) is 0. The molecule has 3 N–H and O–H groups in total. The molecule has 0 aliphatic rings. The first-order chi connectivity index (χ1) is 7.99. The van der Waals surface area contributed by atoms with Crippen LogP contribution in [0.3, 0.4) is 0 Å². The topological polar surface area (TPSA) is 91.4 Å². The van der Waals surface area contributed by atoms with Crippen LogP contribution < -0.4 is 5.32 Å². The van der Waals surface area contributed by atoms with Crippen LogP contribution in [0.4, 0.5) is 0 Å². The molecular formula is C9H10Cl2N2O4. The predicted octanol–water partition coefficient (Wildman–Crippen LogP) is 0.585. The quantitative estimate of drug-likeness (QED) is 0.704. The summed E-state index contributed by atoms with van der Waals surface area (Å²) in [7, 11) is 1.15. The van der Waals surface area contributed by atoms with Crippen LogP contribution in [0.1, 0.15) is 10.5 Å². The second-order valence-corrected chi connectivity index (χ2v) is 3.86. The number of aliphatic hydroxyl groups excluding tert-OH is 1. The van der Waals surface area contributed by atoms with Gasteiger partial charge in [0.15, 0.2) is 6.04 Å². The van der Waals surface area contributed by atoms with E-state index in [-0.39, 0.29) is 15.9 Å². The number of hydrogen-bond donors (Lipinski definition) is 3. The first-order valence-corrected chi connectivity index (χ1v) is 5.28. The van der Waals surface area contributed by atoms with Gasteiger partial charge in [-0.15, -0.1) is 0 Å². The zero-order valence-corrected chi connectivity index (χ0v) is 10.3. The Hall–Kier alpha value is -1.24. The Balaban J connectivity index is 2.74. The van der Waals surface area contributed by atoms with E-state index in [1.54, 1.807) is 0 Å². The predicted molar refractivity (Wildman–Crippen MR) is 61.2 cm³/mol. The number of ether oxygens (including phenoxy) is 1. The fourth-order valence-corrected chi connectivity index (χ4v) is 1.40. The Morgan fingerprint density at radius 3 is 2.65 bits per heavy atom. The minimum absolute atomic E-state index is 0.0855. The third kappa shape index (κ3) is 3.36. The van der Waals surface area contributed by atoms with E-state index in [1.165, 1.54) is 6.07 Å². The number of aliphatic hydroxyl groups is 1. The molecular weight excluding hydrogens is 271 g/mol. The van der Waals surface area contributed by atoms with Gasteiger partial charge in [0.2, 0.25) is 0 Å². The van der Waals surface area contributed by atoms with E-state index >= 15 is 0 Å². The van der Waals surface area contributed by atoms with Gasteiger partial charge in [-0.25, -0.2) is 4.79 Å². The van der Waals surface area contributed by atoms with Gasteiger partial charge in [0.05, 0.1) is 18.7 Å². The highest BCUT2D eigenvalue weighted by Gasteiger charge is 2.22. The first kappa shape index (κ1) is 13.8. The van der Waals surface area contributed by atoms with Gasteiger partial charge in [0.1, 0.15) is 10.8 Å². The molecule has 1 rings (SSSR count). The Labute approximate surface area is 107 Å². The lowest BCUT2D eigenvalue weighted by Crippen LogP contribution is -2.44. The number of amides is 1. The number of aromatic nitrogens is 1. The maximum Gasteiger partial charge on any atom is 0.330 e. The molecule has 94 valence electrons.